The van der Waals surface area contributed by atoms with E-state index in [9.17, 15) is 10.2 Å². The molecule has 4 fully saturated rings. The molecule has 8 atom stereocenters. The summed E-state index contributed by atoms with van der Waals surface area (Å²) in [6, 6.07) is 4.41. The van der Waals surface area contributed by atoms with Crippen molar-refractivity contribution < 1.29 is 19.7 Å². The summed E-state index contributed by atoms with van der Waals surface area (Å²) in [5.41, 5.74) is 1.74. The Hall–Kier alpha value is -1.56. The van der Waals surface area contributed by atoms with E-state index >= 15 is 0 Å². The van der Waals surface area contributed by atoms with Crippen LogP contribution in [0.5, 0.6) is 11.5 Å². The zero-order valence-corrected chi connectivity index (χ0v) is 18.8. The number of nitrogens with zero attached hydrogens (tertiary/aromatic N) is 1. The van der Waals surface area contributed by atoms with Crippen LogP contribution in [-0.4, -0.2) is 59.2 Å². The minimum atomic E-state index is -0.643. The average Bonchev–Trinajstić information content (AvgIpc) is 3.54. The molecule has 2 aliphatic heterocycles. The molecule has 0 aromatic heterocycles. The smallest absolute Gasteiger partial charge is 0.165 e. The molecule has 6 aliphatic carbocycles. The number of benzene rings is 1. The SMILES string of the molecule is CO[C@@]12C=C[C@]3(C4Cc5ccc(O)c6c5[C@@]3(CCN4CC3CC3)[C@H]1O6)[C@@H]1CCC[C@H](O)[C@@H]12. The lowest BCUT2D eigenvalue weighted by Crippen LogP contribution is -2.83. The molecule has 8 aliphatic rings. The molecule has 2 heterocycles. The van der Waals surface area contributed by atoms with E-state index in [4.69, 9.17) is 9.47 Å². The standard InChI is InChI=1S/C27H33NO4/c1-31-27-10-9-25(17-3-2-4-18(29)22(17)27)20-13-16-7-8-19(30)23-21(16)26(25,24(27)32-23)11-12-28(20)14-15-5-6-15/h7-10,15,17-18,20,22,24,29-30H,2-6,11-14H2,1H3/t17-,18+,20?,22-,24-,25-,26+,27-/m1/s1. The molecule has 1 aromatic rings. The number of rotatable bonds is 3. The summed E-state index contributed by atoms with van der Waals surface area (Å²) < 4.78 is 13.2. The number of ether oxygens (including phenoxy) is 2. The Bertz CT molecular complexity index is 1050. The van der Waals surface area contributed by atoms with E-state index in [1.807, 2.05) is 6.07 Å². The number of phenolic OH excluding ortho intramolecular Hbond substituents is 1. The first-order chi connectivity index (χ1) is 15.6. The van der Waals surface area contributed by atoms with Gasteiger partial charge in [-0.25, -0.2) is 0 Å². The Morgan fingerprint density at radius 1 is 1.19 bits per heavy atom. The van der Waals surface area contributed by atoms with Crippen molar-refractivity contribution in [3.05, 3.63) is 35.4 Å². The zero-order valence-electron chi connectivity index (χ0n) is 18.8. The molecule has 4 bridgehead atoms. The van der Waals surface area contributed by atoms with E-state index < -0.39 is 5.60 Å². The molecule has 3 saturated carbocycles. The van der Waals surface area contributed by atoms with Gasteiger partial charge in [0.1, 0.15) is 11.7 Å². The quantitative estimate of drug-likeness (QED) is 0.715. The molecule has 1 unspecified atom stereocenters. The molecule has 0 radical (unpaired) electrons. The van der Waals surface area contributed by atoms with E-state index in [0.717, 1.165) is 44.6 Å². The highest BCUT2D eigenvalue weighted by molar-refractivity contribution is 5.65. The monoisotopic (exact) mass is 435 g/mol. The van der Waals surface area contributed by atoms with Crippen molar-refractivity contribution >= 4 is 0 Å². The molecule has 32 heavy (non-hydrogen) atoms. The molecule has 1 aromatic carbocycles. The largest absolute Gasteiger partial charge is 0.504 e. The van der Waals surface area contributed by atoms with Gasteiger partial charge in [0.25, 0.3) is 0 Å². The van der Waals surface area contributed by atoms with Crippen LogP contribution in [0.25, 0.3) is 0 Å². The fourth-order valence-electron chi connectivity index (χ4n) is 9.81. The van der Waals surface area contributed by atoms with Crippen LogP contribution >= 0.6 is 0 Å². The lowest BCUT2D eigenvalue weighted by Gasteiger charge is -2.75. The van der Waals surface area contributed by atoms with E-state index in [0.29, 0.717) is 17.7 Å². The fraction of sp³-hybridized carbons (Fsp3) is 0.704. The average molecular weight is 436 g/mol. The molecule has 2 N–H and O–H groups in total. The van der Waals surface area contributed by atoms with Gasteiger partial charge in [0.15, 0.2) is 11.5 Å². The Balaban J connectivity index is 1.44. The maximum Gasteiger partial charge on any atom is 0.165 e. The summed E-state index contributed by atoms with van der Waals surface area (Å²) in [4.78, 5) is 2.81. The van der Waals surface area contributed by atoms with Crippen molar-refractivity contribution in [1.82, 2.24) is 4.90 Å². The lowest BCUT2D eigenvalue weighted by atomic mass is 9.32. The highest BCUT2D eigenvalue weighted by Gasteiger charge is 2.82. The predicted octanol–water partition coefficient (Wildman–Crippen LogP) is 3.16. The highest BCUT2D eigenvalue weighted by atomic mass is 16.6. The number of aliphatic hydroxyl groups excluding tert-OH is 1. The number of piperidine rings is 1. The first-order valence-corrected chi connectivity index (χ1v) is 12.8. The highest BCUT2D eigenvalue weighted by Crippen LogP contribution is 2.77. The number of aromatic hydroxyl groups is 1. The Morgan fingerprint density at radius 2 is 2.06 bits per heavy atom. The second kappa shape index (κ2) is 5.73. The molecular formula is C27H33NO4. The summed E-state index contributed by atoms with van der Waals surface area (Å²) in [7, 11) is 1.80. The zero-order chi connectivity index (χ0) is 21.5. The molecule has 5 nitrogen and oxygen atoms in total. The van der Waals surface area contributed by atoms with Gasteiger partial charge in [-0.2, -0.15) is 0 Å². The predicted molar refractivity (Wildman–Crippen MR) is 119 cm³/mol. The maximum atomic E-state index is 11.4. The van der Waals surface area contributed by atoms with Crippen LogP contribution in [0.2, 0.25) is 0 Å². The van der Waals surface area contributed by atoms with Crippen molar-refractivity contribution in [1.29, 1.82) is 0 Å². The number of hydrogen-bond acceptors (Lipinski definition) is 5. The normalized spacial score (nSPS) is 49.5. The van der Waals surface area contributed by atoms with Crippen LogP contribution in [0.1, 0.15) is 49.7 Å². The minimum absolute atomic E-state index is 0.0470. The van der Waals surface area contributed by atoms with Crippen LogP contribution in [-0.2, 0) is 16.6 Å². The van der Waals surface area contributed by atoms with Crippen LogP contribution < -0.4 is 4.74 Å². The molecular weight excluding hydrogens is 402 g/mol. The van der Waals surface area contributed by atoms with Gasteiger partial charge < -0.3 is 19.7 Å². The third-order valence-corrected chi connectivity index (χ3v) is 10.9. The first kappa shape index (κ1) is 18.8. The molecule has 5 heteroatoms. The molecule has 2 spiro atoms. The summed E-state index contributed by atoms with van der Waals surface area (Å²) in [5, 5.41) is 22.3. The number of methoxy groups -OCH3 is 1. The summed E-state index contributed by atoms with van der Waals surface area (Å²) in [5.74, 6) is 2.24. The molecule has 170 valence electrons. The number of phenols is 1. The first-order valence-electron chi connectivity index (χ1n) is 12.8. The van der Waals surface area contributed by atoms with Gasteiger partial charge in [0, 0.05) is 36.6 Å². The summed E-state index contributed by atoms with van der Waals surface area (Å²) in [6.45, 7) is 2.29. The van der Waals surface area contributed by atoms with Gasteiger partial charge in [-0.3, -0.25) is 4.90 Å². The molecule has 9 rings (SSSR count). The second-order valence-corrected chi connectivity index (χ2v) is 11.8. The second-order valence-electron chi connectivity index (χ2n) is 11.8. The van der Waals surface area contributed by atoms with Crippen LogP contribution in [0.4, 0.5) is 0 Å². The number of hydrogen-bond donors (Lipinski definition) is 2. The summed E-state index contributed by atoms with van der Waals surface area (Å²) in [6.07, 6.45) is 12.1. The van der Waals surface area contributed by atoms with E-state index in [1.165, 1.54) is 30.5 Å². The Kier molecular flexibility index (Phi) is 3.37. The van der Waals surface area contributed by atoms with Crippen LogP contribution in [0.15, 0.2) is 24.3 Å². The van der Waals surface area contributed by atoms with E-state index in [1.54, 1.807) is 7.11 Å². The van der Waals surface area contributed by atoms with Crippen molar-refractivity contribution in [2.24, 2.45) is 23.2 Å². The summed E-state index contributed by atoms with van der Waals surface area (Å²) >= 11 is 0. The van der Waals surface area contributed by atoms with Crippen molar-refractivity contribution in [2.45, 2.75) is 74.2 Å². The van der Waals surface area contributed by atoms with Crippen molar-refractivity contribution in [3.63, 3.8) is 0 Å². The van der Waals surface area contributed by atoms with Crippen molar-refractivity contribution in [3.8, 4) is 11.5 Å². The number of aliphatic hydroxyl groups is 1. The minimum Gasteiger partial charge on any atom is -0.504 e. The van der Waals surface area contributed by atoms with E-state index in [-0.39, 0.29) is 34.7 Å². The Labute approximate surface area is 189 Å². The third-order valence-electron chi connectivity index (χ3n) is 10.9. The van der Waals surface area contributed by atoms with Gasteiger partial charge in [-0.15, -0.1) is 0 Å². The van der Waals surface area contributed by atoms with Gasteiger partial charge in [-0.05, 0) is 68.5 Å². The van der Waals surface area contributed by atoms with Gasteiger partial charge in [-0.1, -0.05) is 24.6 Å². The fourth-order valence-corrected chi connectivity index (χ4v) is 9.81. The lowest BCUT2D eigenvalue weighted by molar-refractivity contribution is -0.269. The van der Waals surface area contributed by atoms with Crippen LogP contribution in [0.3, 0.4) is 0 Å². The van der Waals surface area contributed by atoms with Gasteiger partial charge in [0.05, 0.1) is 11.5 Å². The third kappa shape index (κ3) is 1.79. The van der Waals surface area contributed by atoms with Gasteiger partial charge in [0.2, 0.25) is 0 Å². The molecule has 0 amide bonds. The Morgan fingerprint density at radius 3 is 2.88 bits per heavy atom. The maximum absolute atomic E-state index is 11.4. The molecule has 1 saturated heterocycles. The van der Waals surface area contributed by atoms with Crippen LogP contribution in [0, 0.1) is 23.2 Å². The van der Waals surface area contributed by atoms with Gasteiger partial charge >= 0.3 is 0 Å². The topological polar surface area (TPSA) is 62.2 Å². The van der Waals surface area contributed by atoms with Crippen molar-refractivity contribution in [2.75, 3.05) is 20.2 Å². The number of likely N-dealkylation sites (tertiary alicyclic amines) is 1. The van der Waals surface area contributed by atoms with E-state index in [2.05, 4.69) is 23.1 Å².